The maximum atomic E-state index is 13.2. The first-order valence-electron chi connectivity index (χ1n) is 11.2. The zero-order valence-electron chi connectivity index (χ0n) is 17.7. The van der Waals surface area contributed by atoms with Gasteiger partial charge in [0, 0.05) is 49.1 Å². The molecule has 170 valence electrons. The monoisotopic (exact) mass is 440 g/mol. The van der Waals surface area contributed by atoms with Crippen LogP contribution in [-0.4, -0.2) is 75.3 Å². The molecule has 2 aliphatic carbocycles. The largest absolute Gasteiger partial charge is 0.392 e. The van der Waals surface area contributed by atoms with E-state index in [0.29, 0.717) is 44.3 Å². The quantitative estimate of drug-likeness (QED) is 0.552. The molecule has 0 spiro atoms. The Hall–Kier alpha value is -2.98. The Kier molecular flexibility index (Phi) is 5.79. The number of rotatable bonds is 5. The number of aliphatic hydroxyl groups excluding tert-OH is 1. The number of aromatic amines is 1. The van der Waals surface area contributed by atoms with Crippen molar-refractivity contribution < 1.29 is 19.4 Å². The predicted molar refractivity (Wildman–Crippen MR) is 115 cm³/mol. The third-order valence-electron chi connectivity index (χ3n) is 6.54. The Morgan fingerprint density at radius 1 is 1.22 bits per heavy atom. The molecule has 3 aliphatic rings. The highest BCUT2D eigenvalue weighted by Gasteiger charge is 2.49. The van der Waals surface area contributed by atoms with Crippen LogP contribution in [0.5, 0.6) is 0 Å². The molecule has 3 fully saturated rings. The van der Waals surface area contributed by atoms with Gasteiger partial charge in [-0.2, -0.15) is 0 Å². The van der Waals surface area contributed by atoms with E-state index in [1.54, 1.807) is 35.6 Å². The number of pyridine rings is 1. The van der Waals surface area contributed by atoms with E-state index < -0.39 is 30.0 Å². The van der Waals surface area contributed by atoms with Crippen molar-refractivity contribution in [2.45, 2.75) is 43.2 Å². The Balaban J connectivity index is 1.35. The molecule has 4 N–H and O–H groups in total. The molecule has 0 radical (unpaired) electrons. The maximum absolute atomic E-state index is 13.2. The van der Waals surface area contributed by atoms with Gasteiger partial charge >= 0.3 is 6.03 Å². The lowest BCUT2D eigenvalue weighted by molar-refractivity contribution is -0.142. The Morgan fingerprint density at radius 2 is 2.03 bits per heavy atom. The van der Waals surface area contributed by atoms with Crippen LogP contribution in [0.15, 0.2) is 30.7 Å². The third kappa shape index (κ3) is 4.33. The van der Waals surface area contributed by atoms with E-state index in [4.69, 9.17) is 4.74 Å². The molecule has 10 heteroatoms. The lowest BCUT2D eigenvalue weighted by atomic mass is 9.96. The molecule has 5 rings (SSSR count). The topological polar surface area (TPSA) is 132 Å². The summed E-state index contributed by atoms with van der Waals surface area (Å²) in [7, 11) is 0. The van der Waals surface area contributed by atoms with E-state index in [9.17, 15) is 14.7 Å². The molecule has 2 aromatic rings. The van der Waals surface area contributed by atoms with Crippen LogP contribution in [0.3, 0.4) is 0 Å². The summed E-state index contributed by atoms with van der Waals surface area (Å²) in [6.45, 7) is 2.03. The zero-order valence-corrected chi connectivity index (χ0v) is 17.7. The minimum atomic E-state index is -0.929. The second-order valence-corrected chi connectivity index (χ2v) is 8.74. The summed E-state index contributed by atoms with van der Waals surface area (Å²) < 4.78 is 5.35. The van der Waals surface area contributed by atoms with Crippen LogP contribution in [0.2, 0.25) is 0 Å². The van der Waals surface area contributed by atoms with Gasteiger partial charge in [0.2, 0.25) is 5.91 Å². The number of aliphatic hydroxyl groups is 1. The van der Waals surface area contributed by atoms with Gasteiger partial charge < -0.3 is 30.4 Å². The number of amides is 3. The van der Waals surface area contributed by atoms with Gasteiger partial charge in [-0.25, -0.2) is 9.78 Å². The molecular formula is C22H28N6O4. The normalized spacial score (nSPS) is 27.8. The van der Waals surface area contributed by atoms with E-state index >= 15 is 0 Å². The van der Waals surface area contributed by atoms with Crippen molar-refractivity contribution in [3.05, 3.63) is 42.2 Å². The van der Waals surface area contributed by atoms with E-state index in [0.717, 1.165) is 24.4 Å². The summed E-state index contributed by atoms with van der Waals surface area (Å²) in [5, 5.41) is 17.0. The van der Waals surface area contributed by atoms with Crippen LogP contribution >= 0.6 is 0 Å². The van der Waals surface area contributed by atoms with E-state index in [-0.39, 0.29) is 5.91 Å². The lowest BCUT2D eigenvalue weighted by Crippen LogP contribution is -2.45. The summed E-state index contributed by atoms with van der Waals surface area (Å²) in [5.41, 5.74) is 1.32. The van der Waals surface area contributed by atoms with Crippen LogP contribution in [0.1, 0.15) is 42.6 Å². The highest BCUT2D eigenvalue weighted by molar-refractivity contribution is 5.89. The van der Waals surface area contributed by atoms with Crippen LogP contribution < -0.4 is 10.6 Å². The second-order valence-electron chi connectivity index (χ2n) is 8.74. The van der Waals surface area contributed by atoms with Crippen LogP contribution in [0.25, 0.3) is 0 Å². The van der Waals surface area contributed by atoms with Crippen molar-refractivity contribution in [2.24, 2.45) is 5.92 Å². The van der Waals surface area contributed by atoms with Gasteiger partial charge in [0.25, 0.3) is 0 Å². The van der Waals surface area contributed by atoms with Crippen molar-refractivity contribution in [1.29, 1.82) is 0 Å². The van der Waals surface area contributed by atoms with Crippen LogP contribution in [-0.2, 0) is 9.53 Å². The first kappa shape index (κ1) is 20.9. The Bertz CT molecular complexity index is 956. The number of H-pyrrole nitrogens is 1. The summed E-state index contributed by atoms with van der Waals surface area (Å²) in [4.78, 5) is 39.4. The average molecular weight is 441 g/mol. The molecule has 1 aliphatic heterocycles. The van der Waals surface area contributed by atoms with Gasteiger partial charge in [-0.15, -0.1) is 0 Å². The number of hydrogen-bond acceptors (Lipinski definition) is 6. The number of hydrogen-bond donors (Lipinski definition) is 4. The molecule has 4 atom stereocenters. The fourth-order valence-corrected chi connectivity index (χ4v) is 4.72. The van der Waals surface area contributed by atoms with E-state index in [1.807, 2.05) is 0 Å². The minimum Gasteiger partial charge on any atom is -0.392 e. The number of aromatic nitrogens is 3. The standard InChI is InChI=1S/C22H28N6O4/c29-19-15(21(30)28-6-8-32-9-7-28)10-16(27-22(31)25-14-2-1-5-23-11-14)18(19)17-12-24-20(26-17)13-3-4-13/h1-2,5,11-13,15-16,18-19,29H,3-4,6-10H2,(H,24,26)(H2,25,27,31)/t15-,16+,18+,19+/m0/s1. The number of imidazole rings is 1. The van der Waals surface area contributed by atoms with Crippen LogP contribution in [0, 0.1) is 5.92 Å². The molecule has 3 heterocycles. The Labute approximate surface area is 185 Å². The highest BCUT2D eigenvalue weighted by Crippen LogP contribution is 2.42. The van der Waals surface area contributed by atoms with Gasteiger partial charge in [0.1, 0.15) is 5.82 Å². The maximum Gasteiger partial charge on any atom is 0.319 e. The lowest BCUT2D eigenvalue weighted by Gasteiger charge is -2.30. The molecule has 1 saturated heterocycles. The van der Waals surface area contributed by atoms with E-state index in [1.165, 1.54) is 0 Å². The number of carbonyl (C=O) groups excluding carboxylic acids is 2. The molecular weight excluding hydrogens is 412 g/mol. The van der Waals surface area contributed by atoms with Gasteiger partial charge in [0.15, 0.2) is 0 Å². The van der Waals surface area contributed by atoms with Crippen molar-refractivity contribution >= 4 is 17.6 Å². The molecule has 2 aromatic heterocycles. The first-order chi connectivity index (χ1) is 15.6. The smallest absolute Gasteiger partial charge is 0.319 e. The third-order valence-corrected chi connectivity index (χ3v) is 6.54. The van der Waals surface area contributed by atoms with Crippen LogP contribution in [0.4, 0.5) is 10.5 Å². The van der Waals surface area contributed by atoms with Gasteiger partial charge in [-0.3, -0.25) is 9.78 Å². The van der Waals surface area contributed by atoms with Gasteiger partial charge in [-0.05, 0) is 31.4 Å². The second kappa shape index (κ2) is 8.87. The van der Waals surface area contributed by atoms with Gasteiger partial charge in [-0.1, -0.05) is 0 Å². The predicted octanol–water partition coefficient (Wildman–Crippen LogP) is 1.20. The molecule has 3 amide bonds. The molecule has 10 nitrogen and oxygen atoms in total. The molecule has 0 aromatic carbocycles. The van der Waals surface area contributed by atoms with Crippen molar-refractivity contribution in [3.8, 4) is 0 Å². The fourth-order valence-electron chi connectivity index (χ4n) is 4.72. The summed E-state index contributed by atoms with van der Waals surface area (Å²) in [5.74, 6) is 0.200. The van der Waals surface area contributed by atoms with Crippen molar-refractivity contribution in [1.82, 2.24) is 25.2 Å². The molecule has 0 bridgehead atoms. The number of anilines is 1. The average Bonchev–Trinajstić information content (AvgIpc) is 3.47. The van der Waals surface area contributed by atoms with Crippen molar-refractivity contribution in [2.75, 3.05) is 31.6 Å². The molecule has 32 heavy (non-hydrogen) atoms. The highest BCUT2D eigenvalue weighted by atomic mass is 16.5. The summed E-state index contributed by atoms with van der Waals surface area (Å²) >= 11 is 0. The molecule has 2 saturated carbocycles. The Morgan fingerprint density at radius 3 is 2.75 bits per heavy atom. The first-order valence-corrected chi connectivity index (χ1v) is 11.2. The SMILES string of the molecule is O=C(Nc1cccnc1)N[C@@H]1C[C@H](C(=O)N2CCOCC2)[C@@H](O)[C@H]1c1cnc(C2CC2)[nH]1. The van der Waals surface area contributed by atoms with Crippen molar-refractivity contribution in [3.63, 3.8) is 0 Å². The summed E-state index contributed by atoms with van der Waals surface area (Å²) in [6, 6.07) is 2.65. The number of ether oxygens (including phenoxy) is 1. The van der Waals surface area contributed by atoms with Gasteiger partial charge in [0.05, 0.1) is 37.1 Å². The minimum absolute atomic E-state index is 0.0929. The molecule has 0 unspecified atom stereocenters. The number of morpholine rings is 1. The number of nitrogens with zero attached hydrogens (tertiary/aromatic N) is 3. The van der Waals surface area contributed by atoms with E-state index in [2.05, 4.69) is 25.6 Å². The number of carbonyl (C=O) groups is 2. The zero-order chi connectivity index (χ0) is 22.1. The number of nitrogens with one attached hydrogen (secondary N) is 3. The fraction of sp³-hybridized carbons (Fsp3) is 0.545. The summed E-state index contributed by atoms with van der Waals surface area (Å²) in [6.07, 6.45) is 6.55. The number of urea groups is 1.